The van der Waals surface area contributed by atoms with Crippen LogP contribution in [0.3, 0.4) is 0 Å². The first-order valence-electron chi connectivity index (χ1n) is 5.83. The summed E-state index contributed by atoms with van der Waals surface area (Å²) in [5.74, 6) is 5.91. The quantitative estimate of drug-likeness (QED) is 0.717. The summed E-state index contributed by atoms with van der Waals surface area (Å²) < 4.78 is 0. The zero-order chi connectivity index (χ0) is 11.1. The maximum atomic E-state index is 11.7. The molecule has 0 aromatic heterocycles. The van der Waals surface area contributed by atoms with Gasteiger partial charge >= 0.3 is 0 Å². The lowest BCUT2D eigenvalue weighted by Gasteiger charge is -2.36. The van der Waals surface area contributed by atoms with Gasteiger partial charge in [-0.3, -0.25) is 4.79 Å². The molecule has 84 valence electrons. The minimum Gasteiger partial charge on any atom is -0.314 e. The van der Waals surface area contributed by atoms with E-state index in [4.69, 9.17) is 0 Å². The molecule has 1 rings (SSSR count). The Hall–Kier alpha value is -0.810. The summed E-state index contributed by atoms with van der Waals surface area (Å²) in [6, 6.07) is 0. The van der Waals surface area contributed by atoms with Crippen LogP contribution in [0.4, 0.5) is 0 Å². The molecule has 1 aliphatic carbocycles. The third-order valence-electron chi connectivity index (χ3n) is 3.34. The molecule has 2 heteroatoms. The highest BCUT2D eigenvalue weighted by Gasteiger charge is 2.31. The smallest absolute Gasteiger partial charge is 0.146 e. The molecule has 0 saturated heterocycles. The van der Waals surface area contributed by atoms with Crippen molar-refractivity contribution >= 4 is 5.78 Å². The van der Waals surface area contributed by atoms with Crippen molar-refractivity contribution in [2.24, 2.45) is 0 Å². The number of nitrogens with one attached hydrogen (secondary N) is 1. The average molecular weight is 207 g/mol. The van der Waals surface area contributed by atoms with Gasteiger partial charge < -0.3 is 5.32 Å². The third kappa shape index (κ3) is 3.68. The van der Waals surface area contributed by atoms with E-state index in [2.05, 4.69) is 17.2 Å². The van der Waals surface area contributed by atoms with Crippen molar-refractivity contribution in [2.75, 3.05) is 7.05 Å². The Bertz CT molecular complexity index is 266. The molecular weight excluding hydrogens is 186 g/mol. The first-order chi connectivity index (χ1) is 7.22. The lowest BCUT2D eigenvalue weighted by atomic mass is 9.78. The van der Waals surface area contributed by atoms with Crippen LogP contribution in [0.1, 0.15) is 51.9 Å². The van der Waals surface area contributed by atoms with Gasteiger partial charge in [0, 0.05) is 12.0 Å². The van der Waals surface area contributed by atoms with Crippen molar-refractivity contribution < 1.29 is 4.79 Å². The van der Waals surface area contributed by atoms with Crippen molar-refractivity contribution in [3.63, 3.8) is 0 Å². The molecule has 2 nitrogen and oxygen atoms in total. The van der Waals surface area contributed by atoms with E-state index in [0.29, 0.717) is 12.8 Å². The predicted molar refractivity (Wildman–Crippen MR) is 62.6 cm³/mol. The van der Waals surface area contributed by atoms with E-state index < -0.39 is 0 Å². The molecule has 0 aromatic rings. The van der Waals surface area contributed by atoms with Crippen LogP contribution in [0.5, 0.6) is 0 Å². The van der Waals surface area contributed by atoms with Gasteiger partial charge in [-0.1, -0.05) is 25.2 Å². The molecule has 15 heavy (non-hydrogen) atoms. The molecule has 0 atom stereocenters. The first-order valence-corrected chi connectivity index (χ1v) is 5.83. The van der Waals surface area contributed by atoms with E-state index in [1.165, 1.54) is 19.3 Å². The van der Waals surface area contributed by atoms with Crippen LogP contribution in [-0.4, -0.2) is 18.4 Å². The molecule has 1 N–H and O–H groups in total. The Balaban J connectivity index is 2.50. The van der Waals surface area contributed by atoms with E-state index >= 15 is 0 Å². The first kappa shape index (κ1) is 12.3. The largest absolute Gasteiger partial charge is 0.314 e. The molecule has 0 aliphatic heterocycles. The summed E-state index contributed by atoms with van der Waals surface area (Å²) in [5.41, 5.74) is 0.0742. The topological polar surface area (TPSA) is 29.1 Å². The predicted octanol–water partition coefficient (Wildman–Crippen LogP) is 2.28. The second-order valence-electron chi connectivity index (χ2n) is 4.41. The summed E-state index contributed by atoms with van der Waals surface area (Å²) in [7, 11) is 1.98. The zero-order valence-electron chi connectivity index (χ0n) is 9.86. The van der Waals surface area contributed by atoms with Gasteiger partial charge in [0.15, 0.2) is 0 Å². The summed E-state index contributed by atoms with van der Waals surface area (Å²) in [6.07, 6.45) is 7.13. The number of Topliss-reactive ketones (excluding diaryl/α,β-unsaturated/α-hetero) is 1. The number of hydrogen-bond donors (Lipinski definition) is 1. The Morgan fingerprint density at radius 3 is 2.53 bits per heavy atom. The molecule has 1 aliphatic rings. The van der Waals surface area contributed by atoms with E-state index in [1.807, 2.05) is 7.05 Å². The van der Waals surface area contributed by atoms with Crippen LogP contribution in [0.15, 0.2) is 0 Å². The summed E-state index contributed by atoms with van der Waals surface area (Å²) >= 11 is 0. The van der Waals surface area contributed by atoms with Crippen molar-refractivity contribution in [3.8, 4) is 11.8 Å². The number of carbonyl (C=O) groups is 1. The minimum atomic E-state index is 0.0742. The van der Waals surface area contributed by atoms with E-state index in [-0.39, 0.29) is 11.3 Å². The van der Waals surface area contributed by atoms with Gasteiger partial charge in [-0.2, -0.15) is 0 Å². The van der Waals surface area contributed by atoms with Gasteiger partial charge in [0.1, 0.15) is 5.78 Å². The van der Waals surface area contributed by atoms with Crippen LogP contribution >= 0.6 is 0 Å². The lowest BCUT2D eigenvalue weighted by molar-refractivity contribution is -0.119. The van der Waals surface area contributed by atoms with Crippen molar-refractivity contribution in [3.05, 3.63) is 0 Å². The molecule has 0 radical (unpaired) electrons. The summed E-state index contributed by atoms with van der Waals surface area (Å²) in [6.45, 7) is 1.78. The monoisotopic (exact) mass is 207 g/mol. The molecular formula is C13H21NO. The Morgan fingerprint density at radius 1 is 1.33 bits per heavy atom. The van der Waals surface area contributed by atoms with Gasteiger partial charge in [-0.15, -0.1) is 5.92 Å². The molecule has 0 bridgehead atoms. The van der Waals surface area contributed by atoms with E-state index in [0.717, 1.165) is 12.8 Å². The Kier molecular flexibility index (Phi) is 4.84. The zero-order valence-corrected chi connectivity index (χ0v) is 9.86. The average Bonchev–Trinajstić information content (AvgIpc) is 2.27. The van der Waals surface area contributed by atoms with Crippen molar-refractivity contribution in [1.29, 1.82) is 0 Å². The summed E-state index contributed by atoms with van der Waals surface area (Å²) in [4.78, 5) is 11.7. The Morgan fingerprint density at radius 2 is 2.00 bits per heavy atom. The normalized spacial score (nSPS) is 19.1. The maximum Gasteiger partial charge on any atom is 0.146 e. The molecule has 0 heterocycles. The number of hydrogen-bond acceptors (Lipinski definition) is 2. The fourth-order valence-corrected chi connectivity index (χ4v) is 2.37. The standard InChI is InChI=1S/C13H21NO/c1-3-4-8-12(15)11-13(14-2)9-6-5-7-10-13/h14H,5-11H2,1-2H3. The molecule has 0 aromatic carbocycles. The molecule has 0 spiro atoms. The van der Waals surface area contributed by atoms with Gasteiger partial charge in [-0.25, -0.2) is 0 Å². The number of rotatable bonds is 4. The molecule has 1 fully saturated rings. The highest BCUT2D eigenvalue weighted by Crippen LogP contribution is 2.31. The van der Waals surface area contributed by atoms with Crippen molar-refractivity contribution in [1.82, 2.24) is 5.32 Å². The SMILES string of the molecule is CC#CCC(=O)CC1(NC)CCCCC1. The van der Waals surface area contributed by atoms with Gasteiger partial charge in [0.05, 0.1) is 6.42 Å². The fraction of sp³-hybridized carbons (Fsp3) is 0.769. The molecule has 1 saturated carbocycles. The van der Waals surface area contributed by atoms with E-state index in [9.17, 15) is 4.79 Å². The summed E-state index contributed by atoms with van der Waals surface area (Å²) in [5, 5.41) is 3.36. The number of carbonyl (C=O) groups excluding carboxylic acids is 1. The maximum absolute atomic E-state index is 11.7. The second kappa shape index (κ2) is 5.92. The second-order valence-corrected chi connectivity index (χ2v) is 4.41. The highest BCUT2D eigenvalue weighted by atomic mass is 16.1. The fourth-order valence-electron chi connectivity index (χ4n) is 2.37. The highest BCUT2D eigenvalue weighted by molar-refractivity contribution is 5.81. The van der Waals surface area contributed by atoms with Crippen LogP contribution in [0.25, 0.3) is 0 Å². The van der Waals surface area contributed by atoms with Crippen LogP contribution < -0.4 is 5.32 Å². The third-order valence-corrected chi connectivity index (χ3v) is 3.34. The minimum absolute atomic E-state index is 0.0742. The van der Waals surface area contributed by atoms with E-state index in [1.54, 1.807) is 6.92 Å². The Labute approximate surface area is 92.8 Å². The van der Waals surface area contributed by atoms with Crippen molar-refractivity contribution in [2.45, 2.75) is 57.4 Å². The number of ketones is 1. The van der Waals surface area contributed by atoms with Crippen LogP contribution in [0, 0.1) is 11.8 Å². The van der Waals surface area contributed by atoms with Gasteiger partial charge in [-0.05, 0) is 26.8 Å². The van der Waals surface area contributed by atoms with Crippen LogP contribution in [-0.2, 0) is 4.79 Å². The lowest BCUT2D eigenvalue weighted by Crippen LogP contribution is -2.46. The van der Waals surface area contributed by atoms with Gasteiger partial charge in [0.2, 0.25) is 0 Å². The molecule has 0 amide bonds. The van der Waals surface area contributed by atoms with Gasteiger partial charge in [0.25, 0.3) is 0 Å². The molecule has 0 unspecified atom stereocenters. The van der Waals surface area contributed by atoms with Crippen LogP contribution in [0.2, 0.25) is 0 Å².